The minimum atomic E-state index is 0.244. The summed E-state index contributed by atoms with van der Waals surface area (Å²) >= 11 is 0. The normalized spacial score (nSPS) is 15.5. The van der Waals surface area contributed by atoms with Gasteiger partial charge >= 0.3 is 0 Å². The third kappa shape index (κ3) is 4.62. The molecule has 1 saturated heterocycles. The van der Waals surface area contributed by atoms with Gasteiger partial charge in [0, 0.05) is 35.3 Å². The molecule has 0 unspecified atom stereocenters. The number of carbonyl (C=O) groups excluding carboxylic acids is 1. The van der Waals surface area contributed by atoms with Crippen LogP contribution in [0.5, 0.6) is 0 Å². The molecule has 158 valence electrons. The van der Waals surface area contributed by atoms with Gasteiger partial charge in [-0.3, -0.25) is 9.69 Å². The van der Waals surface area contributed by atoms with Crippen molar-refractivity contribution in [2.75, 3.05) is 13.1 Å². The average Bonchev–Trinajstić information content (AvgIpc) is 3.48. The molecule has 5 heteroatoms. The average molecular weight is 414 g/mol. The number of carbonyl (C=O) groups is 1. The van der Waals surface area contributed by atoms with Gasteiger partial charge in [0.15, 0.2) is 11.5 Å². The maximum atomic E-state index is 12.6. The maximum absolute atomic E-state index is 12.6. The molecule has 1 fully saturated rings. The van der Waals surface area contributed by atoms with Crippen molar-refractivity contribution in [3.8, 4) is 11.3 Å². The number of aromatic nitrogens is 2. The second-order valence-corrected chi connectivity index (χ2v) is 8.51. The molecular formula is C26H27N3O2. The van der Waals surface area contributed by atoms with Gasteiger partial charge in [-0.05, 0) is 55.8 Å². The van der Waals surface area contributed by atoms with Crippen molar-refractivity contribution in [3.05, 3.63) is 78.2 Å². The number of nitrogens with one attached hydrogen (secondary N) is 1. The van der Waals surface area contributed by atoms with E-state index in [0.29, 0.717) is 12.3 Å². The Hall–Kier alpha value is -3.18. The van der Waals surface area contributed by atoms with E-state index in [-0.39, 0.29) is 5.78 Å². The SMILES string of the molecule is O=C(CCC1CCN(Cc2cc(-c3ccccc3)no2)CC1)c1ccc2cc[nH]c2c1. The molecule has 1 N–H and O–H groups in total. The van der Waals surface area contributed by atoms with Crippen LogP contribution in [0.2, 0.25) is 0 Å². The monoisotopic (exact) mass is 413 g/mol. The molecule has 1 aliphatic heterocycles. The largest absolute Gasteiger partial charge is 0.361 e. The molecule has 1 aliphatic rings. The van der Waals surface area contributed by atoms with Gasteiger partial charge in [-0.2, -0.15) is 0 Å². The first kappa shape index (κ1) is 19.8. The Morgan fingerprint density at radius 3 is 2.74 bits per heavy atom. The molecule has 0 saturated carbocycles. The van der Waals surface area contributed by atoms with E-state index in [9.17, 15) is 4.79 Å². The van der Waals surface area contributed by atoms with Crippen LogP contribution in [0.3, 0.4) is 0 Å². The van der Waals surface area contributed by atoms with E-state index < -0.39 is 0 Å². The van der Waals surface area contributed by atoms with Gasteiger partial charge < -0.3 is 9.51 Å². The van der Waals surface area contributed by atoms with Crippen molar-refractivity contribution >= 4 is 16.7 Å². The Morgan fingerprint density at radius 2 is 1.90 bits per heavy atom. The number of piperidine rings is 1. The Bertz CT molecular complexity index is 1150. The number of aromatic amines is 1. The highest BCUT2D eigenvalue weighted by atomic mass is 16.5. The van der Waals surface area contributed by atoms with Gasteiger partial charge in [0.1, 0.15) is 5.69 Å². The molecule has 0 radical (unpaired) electrons. The molecule has 3 heterocycles. The number of ketones is 1. The molecule has 0 bridgehead atoms. The smallest absolute Gasteiger partial charge is 0.162 e. The number of hydrogen-bond donors (Lipinski definition) is 1. The van der Waals surface area contributed by atoms with E-state index in [1.54, 1.807) is 0 Å². The summed E-state index contributed by atoms with van der Waals surface area (Å²) in [6.45, 7) is 2.87. The molecule has 4 aromatic rings. The van der Waals surface area contributed by atoms with E-state index >= 15 is 0 Å². The zero-order valence-corrected chi connectivity index (χ0v) is 17.6. The molecule has 2 aromatic carbocycles. The minimum absolute atomic E-state index is 0.244. The number of rotatable bonds is 7. The molecule has 0 spiro atoms. The van der Waals surface area contributed by atoms with Crippen molar-refractivity contribution in [1.82, 2.24) is 15.0 Å². The summed E-state index contributed by atoms with van der Waals surface area (Å²) in [5, 5.41) is 5.36. The minimum Gasteiger partial charge on any atom is -0.361 e. The standard InChI is InChI=1S/C26H27N3O2/c30-26(22-8-7-21-10-13-27-24(21)16-22)9-6-19-11-14-29(15-12-19)18-23-17-25(28-31-23)20-4-2-1-3-5-20/h1-5,7-8,10,13,16-17,19,27H,6,9,11-12,14-15,18H2. The second-order valence-electron chi connectivity index (χ2n) is 8.51. The summed E-state index contributed by atoms with van der Waals surface area (Å²) in [5.74, 6) is 1.77. The van der Waals surface area contributed by atoms with E-state index in [0.717, 1.165) is 72.4 Å². The van der Waals surface area contributed by atoms with Crippen LogP contribution in [0.4, 0.5) is 0 Å². The van der Waals surface area contributed by atoms with E-state index in [1.165, 1.54) is 0 Å². The fraction of sp³-hybridized carbons (Fsp3) is 0.308. The van der Waals surface area contributed by atoms with Crippen LogP contribution in [-0.2, 0) is 6.54 Å². The van der Waals surface area contributed by atoms with E-state index in [2.05, 4.69) is 15.0 Å². The zero-order valence-electron chi connectivity index (χ0n) is 17.6. The van der Waals surface area contributed by atoms with Crippen LogP contribution < -0.4 is 0 Å². The summed E-state index contributed by atoms with van der Waals surface area (Å²) < 4.78 is 5.56. The van der Waals surface area contributed by atoms with Crippen LogP contribution in [0, 0.1) is 5.92 Å². The van der Waals surface area contributed by atoms with Crippen molar-refractivity contribution < 1.29 is 9.32 Å². The third-order valence-electron chi connectivity index (χ3n) is 6.37. The zero-order chi connectivity index (χ0) is 21.0. The van der Waals surface area contributed by atoms with E-state index in [4.69, 9.17) is 4.52 Å². The number of hydrogen-bond acceptors (Lipinski definition) is 4. The number of nitrogens with zero attached hydrogens (tertiary/aromatic N) is 2. The Kier molecular flexibility index (Phi) is 5.67. The lowest BCUT2D eigenvalue weighted by atomic mass is 9.90. The fourth-order valence-electron chi connectivity index (χ4n) is 4.49. The molecule has 2 aromatic heterocycles. The van der Waals surface area contributed by atoms with Crippen molar-refractivity contribution in [1.29, 1.82) is 0 Å². The number of fused-ring (bicyclic) bond motifs is 1. The number of H-pyrrole nitrogens is 1. The lowest BCUT2D eigenvalue weighted by Crippen LogP contribution is -2.33. The number of Topliss-reactive ketones (excluding diaryl/α,β-unsaturated/α-hetero) is 1. The Labute approximate surface area is 182 Å². The van der Waals surface area contributed by atoms with Crippen LogP contribution in [0.1, 0.15) is 41.8 Å². The molecule has 0 aliphatic carbocycles. The topological polar surface area (TPSA) is 62.1 Å². The number of benzene rings is 2. The first-order valence-corrected chi connectivity index (χ1v) is 11.1. The summed E-state index contributed by atoms with van der Waals surface area (Å²) in [6, 6.07) is 20.1. The fourth-order valence-corrected chi connectivity index (χ4v) is 4.49. The summed E-state index contributed by atoms with van der Waals surface area (Å²) in [4.78, 5) is 18.2. The molecule has 0 amide bonds. The summed E-state index contributed by atoms with van der Waals surface area (Å²) in [5.41, 5.74) is 3.81. The van der Waals surface area contributed by atoms with Gasteiger partial charge in [0.05, 0.1) is 6.54 Å². The van der Waals surface area contributed by atoms with Gasteiger partial charge in [-0.25, -0.2) is 0 Å². The predicted octanol–water partition coefficient (Wildman–Crippen LogP) is 5.70. The first-order chi connectivity index (χ1) is 15.2. The Balaban J connectivity index is 1.09. The van der Waals surface area contributed by atoms with Crippen molar-refractivity contribution in [3.63, 3.8) is 0 Å². The van der Waals surface area contributed by atoms with Gasteiger partial charge in [-0.1, -0.05) is 47.6 Å². The predicted molar refractivity (Wildman–Crippen MR) is 122 cm³/mol. The maximum Gasteiger partial charge on any atom is 0.162 e. The molecular weight excluding hydrogens is 386 g/mol. The lowest BCUT2D eigenvalue weighted by Gasteiger charge is -2.31. The van der Waals surface area contributed by atoms with Crippen molar-refractivity contribution in [2.45, 2.75) is 32.2 Å². The van der Waals surface area contributed by atoms with Crippen LogP contribution in [0.25, 0.3) is 22.2 Å². The summed E-state index contributed by atoms with van der Waals surface area (Å²) in [7, 11) is 0. The van der Waals surface area contributed by atoms with Gasteiger partial charge in [0.2, 0.25) is 0 Å². The first-order valence-electron chi connectivity index (χ1n) is 11.1. The third-order valence-corrected chi connectivity index (χ3v) is 6.37. The van der Waals surface area contributed by atoms with Crippen LogP contribution >= 0.6 is 0 Å². The van der Waals surface area contributed by atoms with E-state index in [1.807, 2.05) is 66.9 Å². The van der Waals surface area contributed by atoms with Gasteiger partial charge in [0.25, 0.3) is 0 Å². The molecule has 5 nitrogen and oxygen atoms in total. The molecule has 0 atom stereocenters. The quantitative estimate of drug-likeness (QED) is 0.395. The van der Waals surface area contributed by atoms with Crippen LogP contribution in [-0.4, -0.2) is 33.9 Å². The van der Waals surface area contributed by atoms with Gasteiger partial charge in [-0.15, -0.1) is 0 Å². The Morgan fingerprint density at radius 1 is 1.06 bits per heavy atom. The molecule has 31 heavy (non-hydrogen) atoms. The van der Waals surface area contributed by atoms with Crippen molar-refractivity contribution in [2.24, 2.45) is 5.92 Å². The summed E-state index contributed by atoms with van der Waals surface area (Å²) in [6.07, 6.45) is 5.76. The highest BCUT2D eigenvalue weighted by Gasteiger charge is 2.21. The highest BCUT2D eigenvalue weighted by molar-refractivity contribution is 5.99. The molecule has 5 rings (SSSR count). The van der Waals surface area contributed by atoms with Crippen LogP contribution in [0.15, 0.2) is 71.4 Å². The highest BCUT2D eigenvalue weighted by Crippen LogP contribution is 2.26. The second kappa shape index (κ2) is 8.90. The lowest BCUT2D eigenvalue weighted by molar-refractivity contribution is 0.0959. The number of likely N-dealkylation sites (tertiary alicyclic amines) is 1.